The highest BCUT2D eigenvalue weighted by Gasteiger charge is 2.11. The van der Waals surface area contributed by atoms with Crippen LogP contribution in [0.5, 0.6) is 0 Å². The number of nitrogens with zero attached hydrogens (tertiary/aromatic N) is 6. The van der Waals surface area contributed by atoms with Gasteiger partial charge in [-0.25, -0.2) is 4.98 Å². The molecule has 11 heteroatoms. The van der Waals surface area contributed by atoms with Crippen LogP contribution in [0, 0.1) is 0 Å². The number of nitrogens with one attached hydrogen (secondary N) is 2. The van der Waals surface area contributed by atoms with Crippen LogP contribution in [0.2, 0.25) is 0 Å². The average Bonchev–Trinajstić information content (AvgIpc) is 3.56. The minimum absolute atomic E-state index is 0.0729. The molecule has 10 nitrogen and oxygen atoms in total. The molecule has 0 saturated carbocycles. The van der Waals surface area contributed by atoms with Crippen molar-refractivity contribution in [2.45, 2.75) is 13.0 Å². The predicted octanol–water partition coefficient (Wildman–Crippen LogP) is 2.10. The topological polar surface area (TPSA) is 119 Å². The molecule has 33 heavy (non-hydrogen) atoms. The van der Waals surface area contributed by atoms with Gasteiger partial charge in [-0.15, -0.1) is 21.5 Å². The smallest absolute Gasteiger partial charge is 0.269 e. The minimum atomic E-state index is -0.411. The zero-order chi connectivity index (χ0) is 22.6. The first-order chi connectivity index (χ1) is 16.1. The van der Waals surface area contributed by atoms with Gasteiger partial charge < -0.3 is 0 Å². The van der Waals surface area contributed by atoms with E-state index < -0.39 is 5.91 Å². The normalized spacial score (nSPS) is 10.9. The third kappa shape index (κ3) is 4.77. The molecule has 0 spiro atoms. The average molecular weight is 459 g/mol. The maximum absolute atomic E-state index is 12.3. The highest BCUT2D eigenvalue weighted by molar-refractivity contribution is 7.15. The zero-order valence-corrected chi connectivity index (χ0v) is 18.1. The first kappa shape index (κ1) is 20.5. The van der Waals surface area contributed by atoms with Gasteiger partial charge in [0.2, 0.25) is 11.7 Å². The van der Waals surface area contributed by atoms with Crippen molar-refractivity contribution in [1.29, 1.82) is 0 Å². The molecule has 5 rings (SSSR count). The second-order valence-electron chi connectivity index (χ2n) is 7.21. The van der Waals surface area contributed by atoms with Crippen LogP contribution in [-0.2, 0) is 17.8 Å². The number of aromatic nitrogens is 6. The molecule has 0 saturated heterocycles. The highest BCUT2D eigenvalue weighted by Crippen LogP contribution is 2.13. The van der Waals surface area contributed by atoms with Crippen LogP contribution in [0.25, 0.3) is 16.3 Å². The fourth-order valence-corrected chi connectivity index (χ4v) is 3.93. The molecule has 5 aromatic rings. The number of thiazole rings is 1. The number of rotatable bonds is 6. The highest BCUT2D eigenvalue weighted by atomic mass is 32.1. The van der Waals surface area contributed by atoms with Crippen molar-refractivity contribution in [2.75, 3.05) is 0 Å². The van der Waals surface area contributed by atoms with Crippen LogP contribution in [-0.4, -0.2) is 41.4 Å². The Morgan fingerprint density at radius 2 is 1.82 bits per heavy atom. The van der Waals surface area contributed by atoms with E-state index in [1.54, 1.807) is 30.5 Å². The number of carbonyl (C=O) groups excluding carboxylic acids is 2. The van der Waals surface area contributed by atoms with Gasteiger partial charge in [0.25, 0.3) is 5.91 Å². The van der Waals surface area contributed by atoms with Crippen molar-refractivity contribution < 1.29 is 9.59 Å². The van der Waals surface area contributed by atoms with E-state index in [4.69, 9.17) is 0 Å². The largest absolute Gasteiger partial charge is 0.297 e. The number of tetrazole rings is 1. The van der Waals surface area contributed by atoms with Gasteiger partial charge in [-0.3, -0.25) is 24.8 Å². The van der Waals surface area contributed by atoms with E-state index in [9.17, 15) is 9.59 Å². The molecular formula is C22H18N8O2S. The van der Waals surface area contributed by atoms with E-state index in [0.29, 0.717) is 23.6 Å². The summed E-state index contributed by atoms with van der Waals surface area (Å²) in [7, 11) is 0. The fraction of sp³-hybridized carbons (Fsp3) is 0.0909. The van der Waals surface area contributed by atoms with E-state index in [2.05, 4.69) is 31.2 Å². The van der Waals surface area contributed by atoms with Crippen molar-refractivity contribution in [3.8, 4) is 11.4 Å². The molecule has 2 amide bonds. The minimum Gasteiger partial charge on any atom is -0.297 e. The Hall–Kier alpha value is -4.38. The first-order valence-electron chi connectivity index (χ1n) is 10.1. The van der Waals surface area contributed by atoms with E-state index in [0.717, 1.165) is 16.1 Å². The third-order valence-electron chi connectivity index (χ3n) is 4.83. The number of carbonyl (C=O) groups is 2. The lowest BCUT2D eigenvalue weighted by atomic mass is 10.1. The Bertz CT molecular complexity index is 1380. The summed E-state index contributed by atoms with van der Waals surface area (Å²) in [4.78, 5) is 31.1. The summed E-state index contributed by atoms with van der Waals surface area (Å²) < 4.78 is 1.85. The molecule has 0 aliphatic rings. The van der Waals surface area contributed by atoms with Gasteiger partial charge in [0.05, 0.1) is 18.7 Å². The molecule has 3 aromatic heterocycles. The Morgan fingerprint density at radius 3 is 2.61 bits per heavy atom. The van der Waals surface area contributed by atoms with Crippen LogP contribution in [0.15, 0.2) is 72.4 Å². The van der Waals surface area contributed by atoms with Crippen LogP contribution in [0.3, 0.4) is 0 Å². The molecule has 164 valence electrons. The summed E-state index contributed by atoms with van der Waals surface area (Å²) in [6, 6.07) is 16.6. The Morgan fingerprint density at radius 1 is 1.00 bits per heavy atom. The predicted molar refractivity (Wildman–Crippen MR) is 121 cm³/mol. The van der Waals surface area contributed by atoms with E-state index in [1.165, 1.54) is 16.1 Å². The van der Waals surface area contributed by atoms with Gasteiger partial charge in [-0.1, -0.05) is 42.5 Å². The van der Waals surface area contributed by atoms with Gasteiger partial charge >= 0.3 is 0 Å². The molecule has 0 fully saturated rings. The summed E-state index contributed by atoms with van der Waals surface area (Å²) in [5.74, 6) is -0.208. The van der Waals surface area contributed by atoms with Crippen molar-refractivity contribution >= 4 is 28.1 Å². The lowest BCUT2D eigenvalue weighted by Crippen LogP contribution is -2.42. The number of fused-ring (bicyclic) bond motifs is 1. The SMILES string of the molecule is O=C(Cc1cn2ccsc2n1)NNC(=O)c1ccc(Cn2nnc(-c3ccccc3)n2)cc1. The molecule has 0 bridgehead atoms. The van der Waals surface area contributed by atoms with Crippen molar-refractivity contribution in [2.24, 2.45) is 0 Å². The molecule has 0 unspecified atom stereocenters. The summed E-state index contributed by atoms with van der Waals surface area (Å²) in [6.45, 7) is 0.417. The van der Waals surface area contributed by atoms with Crippen LogP contribution in [0.1, 0.15) is 21.6 Å². The first-order valence-corrected chi connectivity index (χ1v) is 10.9. The fourth-order valence-electron chi connectivity index (χ4n) is 3.21. The summed E-state index contributed by atoms with van der Waals surface area (Å²) in [5, 5.41) is 14.5. The van der Waals surface area contributed by atoms with Crippen molar-refractivity contribution in [1.82, 2.24) is 40.4 Å². The molecule has 0 radical (unpaired) electrons. The summed E-state index contributed by atoms with van der Waals surface area (Å²) >= 11 is 1.49. The van der Waals surface area contributed by atoms with Crippen molar-refractivity contribution in [3.05, 3.63) is 89.2 Å². The Balaban J connectivity index is 1.14. The molecule has 2 aromatic carbocycles. The van der Waals surface area contributed by atoms with Gasteiger partial charge in [-0.2, -0.15) is 4.80 Å². The van der Waals surface area contributed by atoms with Crippen molar-refractivity contribution in [3.63, 3.8) is 0 Å². The van der Waals surface area contributed by atoms with Gasteiger partial charge in [0.1, 0.15) is 0 Å². The standard InChI is InChI=1S/C22H18N8O2S/c31-19(12-18-14-29-10-11-33-22(29)23-18)24-26-21(32)17-8-6-15(7-9-17)13-30-27-20(25-28-30)16-4-2-1-3-5-16/h1-11,14H,12-13H2,(H,24,31)(H,26,32). The van der Waals surface area contributed by atoms with Gasteiger partial charge in [0.15, 0.2) is 4.96 Å². The van der Waals surface area contributed by atoms with E-state index in [-0.39, 0.29) is 12.3 Å². The maximum atomic E-state index is 12.3. The van der Waals surface area contributed by atoms with Crippen LogP contribution < -0.4 is 10.9 Å². The maximum Gasteiger partial charge on any atom is 0.269 e. The monoisotopic (exact) mass is 458 g/mol. The second kappa shape index (κ2) is 9.01. The number of hydrogen-bond acceptors (Lipinski definition) is 7. The molecule has 2 N–H and O–H groups in total. The number of imidazole rings is 1. The number of hydrazine groups is 1. The summed E-state index contributed by atoms with van der Waals surface area (Å²) in [5.41, 5.74) is 7.70. The van der Waals surface area contributed by atoms with Gasteiger partial charge in [-0.05, 0) is 22.9 Å². The van der Waals surface area contributed by atoms with E-state index in [1.807, 2.05) is 46.3 Å². The molecule has 3 heterocycles. The van der Waals surface area contributed by atoms with E-state index >= 15 is 0 Å². The lowest BCUT2D eigenvalue weighted by Gasteiger charge is -2.07. The zero-order valence-electron chi connectivity index (χ0n) is 17.3. The molecule has 0 aliphatic heterocycles. The molecule has 0 aliphatic carbocycles. The Kier molecular flexibility index (Phi) is 5.60. The molecular weight excluding hydrogens is 440 g/mol. The number of benzene rings is 2. The van der Waals surface area contributed by atoms with Crippen LogP contribution in [0.4, 0.5) is 0 Å². The second-order valence-corrected chi connectivity index (χ2v) is 8.08. The third-order valence-corrected chi connectivity index (χ3v) is 5.60. The lowest BCUT2D eigenvalue weighted by molar-refractivity contribution is -0.121. The van der Waals surface area contributed by atoms with Crippen LogP contribution >= 0.6 is 11.3 Å². The van der Waals surface area contributed by atoms with Gasteiger partial charge in [0, 0.05) is 28.9 Å². The molecule has 0 atom stereocenters. The summed E-state index contributed by atoms with van der Waals surface area (Å²) in [6.07, 6.45) is 3.74. The quantitative estimate of drug-likeness (QED) is 0.376. The number of hydrogen-bond donors (Lipinski definition) is 2. The number of amides is 2. The Labute approximate surface area is 191 Å².